The summed E-state index contributed by atoms with van der Waals surface area (Å²) in [6.45, 7) is 8.88. The van der Waals surface area contributed by atoms with E-state index in [-0.39, 0.29) is 0 Å². The van der Waals surface area contributed by atoms with Crippen molar-refractivity contribution >= 4 is 17.2 Å². The predicted octanol–water partition coefficient (Wildman–Crippen LogP) is 3.64. The van der Waals surface area contributed by atoms with Gasteiger partial charge < -0.3 is 0 Å². The third kappa shape index (κ3) is 1.36. The zero-order valence-electron chi connectivity index (χ0n) is 9.11. The first kappa shape index (κ1) is 9.71. The van der Waals surface area contributed by atoms with Gasteiger partial charge in [-0.05, 0) is 17.9 Å². The molecule has 0 aromatic carbocycles. The Bertz CT molecular complexity index is 437. The summed E-state index contributed by atoms with van der Waals surface area (Å²) in [5.74, 6) is 1.06. The molecule has 2 nitrogen and oxygen atoms in total. The molecule has 0 amide bonds. The molecule has 0 bridgehead atoms. The number of hydrogen-bond acceptors (Lipinski definition) is 2. The lowest BCUT2D eigenvalue weighted by atomic mass is 10.0. The molecule has 0 saturated carbocycles. The van der Waals surface area contributed by atoms with Crippen LogP contribution in [0.5, 0.6) is 0 Å². The smallest absolute Gasteiger partial charge is 0.147 e. The molecule has 0 aliphatic carbocycles. The van der Waals surface area contributed by atoms with E-state index in [1.165, 1.54) is 11.4 Å². The van der Waals surface area contributed by atoms with Crippen molar-refractivity contribution in [2.24, 2.45) is 0 Å². The van der Waals surface area contributed by atoms with Gasteiger partial charge in [0.15, 0.2) is 0 Å². The largest absolute Gasteiger partial charge is 0.251 e. The van der Waals surface area contributed by atoms with Gasteiger partial charge in [-0.2, -0.15) is 0 Å². The molecule has 2 aromatic rings. The number of fused-ring (bicyclic) bond motifs is 1. The molecule has 2 heterocycles. The van der Waals surface area contributed by atoms with Crippen LogP contribution >= 0.6 is 11.5 Å². The monoisotopic (exact) mass is 208 g/mol. The van der Waals surface area contributed by atoms with Gasteiger partial charge in [0, 0.05) is 5.38 Å². The minimum Gasteiger partial charge on any atom is -0.251 e. The molecule has 2 aromatic heterocycles. The highest BCUT2D eigenvalue weighted by Gasteiger charge is 2.17. The van der Waals surface area contributed by atoms with E-state index in [9.17, 15) is 0 Å². The molecule has 0 atom stereocenters. The highest BCUT2D eigenvalue weighted by molar-refractivity contribution is 7.04. The summed E-state index contributed by atoms with van der Waals surface area (Å²) in [7, 11) is 0. The fourth-order valence-corrected chi connectivity index (χ4v) is 2.71. The van der Waals surface area contributed by atoms with E-state index in [2.05, 4.69) is 47.9 Å². The van der Waals surface area contributed by atoms with Crippen molar-refractivity contribution in [3.8, 4) is 0 Å². The molecule has 3 heteroatoms. The Morgan fingerprint density at radius 3 is 2.50 bits per heavy atom. The Morgan fingerprint density at radius 2 is 1.93 bits per heavy atom. The lowest BCUT2D eigenvalue weighted by molar-refractivity contribution is 0.754. The maximum atomic E-state index is 4.67. The molecule has 0 aliphatic rings. The number of rotatable bonds is 2. The highest BCUT2D eigenvalue weighted by Crippen LogP contribution is 2.28. The van der Waals surface area contributed by atoms with Gasteiger partial charge in [-0.15, -0.1) is 0 Å². The van der Waals surface area contributed by atoms with Crippen LogP contribution in [0.2, 0.25) is 0 Å². The minimum absolute atomic E-state index is 0.513. The van der Waals surface area contributed by atoms with Crippen LogP contribution in [-0.4, -0.2) is 8.77 Å². The zero-order chi connectivity index (χ0) is 10.3. The van der Waals surface area contributed by atoms with Gasteiger partial charge in [0.1, 0.15) is 5.65 Å². The van der Waals surface area contributed by atoms with Crippen molar-refractivity contribution in [2.75, 3.05) is 0 Å². The van der Waals surface area contributed by atoms with Crippen LogP contribution in [0.15, 0.2) is 11.4 Å². The van der Waals surface area contributed by atoms with Crippen molar-refractivity contribution in [3.63, 3.8) is 0 Å². The number of nitrogens with zero attached hydrogens (tertiary/aromatic N) is 2. The molecule has 0 fully saturated rings. The van der Waals surface area contributed by atoms with Gasteiger partial charge in [0.2, 0.25) is 0 Å². The highest BCUT2D eigenvalue weighted by atomic mass is 32.1. The van der Waals surface area contributed by atoms with Crippen LogP contribution in [0, 0.1) is 0 Å². The molecule has 0 aliphatic heterocycles. The molecule has 14 heavy (non-hydrogen) atoms. The third-order valence-corrected chi connectivity index (χ3v) is 3.25. The Balaban J connectivity index is 2.69. The minimum atomic E-state index is 0.513. The summed E-state index contributed by atoms with van der Waals surface area (Å²) in [6.07, 6.45) is 0. The van der Waals surface area contributed by atoms with Gasteiger partial charge in [-0.1, -0.05) is 39.2 Å². The van der Waals surface area contributed by atoms with E-state index < -0.39 is 0 Å². The van der Waals surface area contributed by atoms with Gasteiger partial charge >= 0.3 is 0 Å². The fourth-order valence-electron chi connectivity index (χ4n) is 1.78. The molecule has 76 valence electrons. The van der Waals surface area contributed by atoms with Gasteiger partial charge in [-0.25, -0.2) is 4.98 Å². The number of imidazole rings is 1. The molecule has 0 saturated heterocycles. The first-order valence-corrected chi connectivity index (χ1v) is 5.91. The maximum absolute atomic E-state index is 4.67. The summed E-state index contributed by atoms with van der Waals surface area (Å²) in [5.41, 5.74) is 3.74. The lowest BCUT2D eigenvalue weighted by Crippen LogP contribution is -1.99. The summed E-state index contributed by atoms with van der Waals surface area (Å²) >= 11 is 1.73. The van der Waals surface area contributed by atoms with Crippen molar-refractivity contribution < 1.29 is 0 Å². The van der Waals surface area contributed by atoms with Crippen LogP contribution in [0.4, 0.5) is 0 Å². The fraction of sp³-hybridized carbons (Fsp3) is 0.545. The van der Waals surface area contributed by atoms with Crippen molar-refractivity contribution in [3.05, 3.63) is 22.8 Å². The molecule has 0 unspecified atom stereocenters. The van der Waals surface area contributed by atoms with Gasteiger partial charge in [0.05, 0.1) is 11.4 Å². The summed E-state index contributed by atoms with van der Waals surface area (Å²) in [6, 6.07) is 2.09. The van der Waals surface area contributed by atoms with Crippen LogP contribution in [-0.2, 0) is 0 Å². The van der Waals surface area contributed by atoms with Crippen molar-refractivity contribution in [2.45, 2.75) is 39.5 Å². The van der Waals surface area contributed by atoms with Crippen molar-refractivity contribution in [1.29, 1.82) is 0 Å². The van der Waals surface area contributed by atoms with Crippen molar-refractivity contribution in [1.82, 2.24) is 8.77 Å². The Kier molecular flexibility index (Phi) is 2.35. The quantitative estimate of drug-likeness (QED) is 0.736. The molecule has 0 radical (unpaired) electrons. The molecular weight excluding hydrogens is 192 g/mol. The van der Waals surface area contributed by atoms with E-state index >= 15 is 0 Å². The lowest BCUT2D eigenvalue weighted by Gasteiger charge is -2.08. The summed E-state index contributed by atoms with van der Waals surface area (Å²) in [5, 5.41) is 2.10. The second-order valence-corrected chi connectivity index (χ2v) is 5.10. The molecule has 2 rings (SSSR count). The van der Waals surface area contributed by atoms with Crippen LogP contribution < -0.4 is 0 Å². The van der Waals surface area contributed by atoms with E-state index in [0.717, 1.165) is 5.65 Å². The maximum Gasteiger partial charge on any atom is 0.147 e. The normalized spacial score (nSPS) is 12.1. The Morgan fingerprint density at radius 1 is 1.21 bits per heavy atom. The van der Waals surface area contributed by atoms with Gasteiger partial charge in [-0.3, -0.25) is 3.79 Å². The van der Waals surface area contributed by atoms with Gasteiger partial charge in [0.25, 0.3) is 0 Å². The first-order valence-electron chi connectivity index (χ1n) is 5.07. The van der Waals surface area contributed by atoms with Crippen LogP contribution in [0.3, 0.4) is 0 Å². The van der Waals surface area contributed by atoms with Crippen LogP contribution in [0.25, 0.3) is 5.65 Å². The van der Waals surface area contributed by atoms with E-state index in [1.807, 2.05) is 0 Å². The SMILES string of the molecule is CC(C)c1nc2ccsn2c1C(C)C. The first-order chi connectivity index (χ1) is 6.61. The second-order valence-electron chi connectivity index (χ2n) is 4.25. The number of hydrogen-bond donors (Lipinski definition) is 0. The molecular formula is C11H16N2S. The molecule has 0 spiro atoms. The topological polar surface area (TPSA) is 17.3 Å². The zero-order valence-corrected chi connectivity index (χ0v) is 9.93. The average Bonchev–Trinajstić information content (AvgIpc) is 2.58. The van der Waals surface area contributed by atoms with E-state index in [4.69, 9.17) is 0 Å². The Labute approximate surface area is 88.7 Å². The Hall–Kier alpha value is -0.830. The summed E-state index contributed by atoms with van der Waals surface area (Å²) < 4.78 is 2.25. The average molecular weight is 208 g/mol. The summed E-state index contributed by atoms with van der Waals surface area (Å²) in [4.78, 5) is 4.67. The third-order valence-electron chi connectivity index (χ3n) is 2.40. The standard InChI is InChI=1S/C11H16N2S/c1-7(2)10-11(8(3)4)13-9(12-10)5-6-14-13/h5-8H,1-4H3. The number of aromatic nitrogens is 2. The van der Waals surface area contributed by atoms with E-state index in [1.54, 1.807) is 11.5 Å². The van der Waals surface area contributed by atoms with Crippen LogP contribution in [0.1, 0.15) is 50.9 Å². The molecule has 0 N–H and O–H groups in total. The van der Waals surface area contributed by atoms with E-state index in [0.29, 0.717) is 11.8 Å². The predicted molar refractivity (Wildman–Crippen MR) is 61.2 cm³/mol. The second kappa shape index (κ2) is 3.39.